The predicted molar refractivity (Wildman–Crippen MR) is 376 cm³/mol. The minimum atomic E-state index is -0.650. The number of ether oxygens (including phenoxy) is 3. The number of benzene rings is 6. The molecular weight excluding hydrogens is 1250 g/mol. The first-order chi connectivity index (χ1) is 48.2. The summed E-state index contributed by atoms with van der Waals surface area (Å²) in [6.07, 6.45) is 11.6. The van der Waals surface area contributed by atoms with Crippen LogP contribution in [0.5, 0.6) is 34.5 Å². The van der Waals surface area contributed by atoms with Gasteiger partial charge in [-0.05, 0) is 166 Å². The molecule has 6 aromatic carbocycles. The van der Waals surface area contributed by atoms with Crippen LogP contribution in [0.25, 0.3) is 28.1 Å². The first-order valence-corrected chi connectivity index (χ1v) is 32.4. The van der Waals surface area contributed by atoms with Crippen LogP contribution >= 0.6 is 0 Å². The number of primary amides is 1. The summed E-state index contributed by atoms with van der Waals surface area (Å²) >= 11 is 0. The molecule has 4 aromatic heterocycles. The number of aromatic nitrogens is 8. The Morgan fingerprint density at radius 2 is 1.14 bits per heavy atom. The van der Waals surface area contributed by atoms with E-state index in [9.17, 15) is 24.0 Å². The van der Waals surface area contributed by atoms with E-state index < -0.39 is 5.91 Å². The fourth-order valence-corrected chi connectivity index (χ4v) is 12.8. The molecule has 10 aromatic rings. The maximum Gasteiger partial charge on any atom is 0.335 e. The lowest BCUT2D eigenvalue weighted by atomic mass is 9.95. The van der Waals surface area contributed by atoms with Gasteiger partial charge in [-0.15, -0.1) is 0 Å². The molecular formula is C75H73N16O8+. The van der Waals surface area contributed by atoms with Gasteiger partial charge in [-0.25, -0.2) is 29.4 Å². The number of nitrogen functional groups attached to an aromatic ring is 3. The second kappa shape index (κ2) is 30.0. The lowest BCUT2D eigenvalue weighted by Crippen LogP contribution is -2.49. The monoisotopic (exact) mass is 1330 g/mol. The van der Waals surface area contributed by atoms with Crippen molar-refractivity contribution < 1.29 is 38.0 Å². The summed E-state index contributed by atoms with van der Waals surface area (Å²) < 4.78 is 24.4. The summed E-state index contributed by atoms with van der Waals surface area (Å²) in [6, 6.07) is 50.4. The number of nitrogens with two attached hydrogens (primary N) is 4. The number of para-hydroxylation sites is 3. The molecule has 0 radical (unpaired) electrons. The maximum atomic E-state index is 13.6. The highest BCUT2D eigenvalue weighted by molar-refractivity contribution is 6.13. The van der Waals surface area contributed by atoms with E-state index >= 15 is 0 Å². The Bertz CT molecular complexity index is 4780. The number of imidazole rings is 1. The van der Waals surface area contributed by atoms with Crippen LogP contribution in [0.2, 0.25) is 0 Å². The highest BCUT2D eigenvalue weighted by atomic mass is 16.5. The minimum Gasteiger partial charge on any atom is -0.457 e. The molecule has 0 bridgehead atoms. The van der Waals surface area contributed by atoms with E-state index in [1.807, 2.05) is 138 Å². The summed E-state index contributed by atoms with van der Waals surface area (Å²) in [5.41, 5.74) is 29.5. The van der Waals surface area contributed by atoms with Gasteiger partial charge in [0, 0.05) is 50.4 Å². The van der Waals surface area contributed by atoms with E-state index in [1.165, 1.54) is 23.0 Å². The van der Waals surface area contributed by atoms with Crippen molar-refractivity contribution in [3.63, 3.8) is 0 Å². The number of nitrogens with zero attached hydrogens (tertiary/aromatic N) is 12. The third-order valence-corrected chi connectivity index (χ3v) is 17.5. The van der Waals surface area contributed by atoms with E-state index in [2.05, 4.69) is 49.6 Å². The summed E-state index contributed by atoms with van der Waals surface area (Å²) in [6.45, 7) is 12.2. The molecule has 99 heavy (non-hydrogen) atoms. The number of rotatable bonds is 15. The molecule has 4 aliphatic heterocycles. The Hall–Kier alpha value is -12.7. The Labute approximate surface area is 570 Å². The fraction of sp³-hybridized carbons (Fsp3) is 0.213. The highest BCUT2D eigenvalue weighted by Crippen LogP contribution is 2.36. The average molecular weight is 1330 g/mol. The largest absolute Gasteiger partial charge is 0.457 e. The fourth-order valence-electron chi connectivity index (χ4n) is 12.8. The molecule has 1 unspecified atom stereocenters. The molecule has 8 N–H and O–H groups in total. The quantitative estimate of drug-likeness (QED) is 0.0422. The van der Waals surface area contributed by atoms with E-state index in [4.69, 9.17) is 42.1 Å². The number of anilines is 3. The van der Waals surface area contributed by atoms with Crippen LogP contribution in [0.4, 0.5) is 17.5 Å². The van der Waals surface area contributed by atoms with Crippen molar-refractivity contribution in [1.29, 1.82) is 0 Å². The van der Waals surface area contributed by atoms with Crippen LogP contribution in [0.3, 0.4) is 0 Å². The second-order valence-corrected chi connectivity index (χ2v) is 23.8. The summed E-state index contributed by atoms with van der Waals surface area (Å²) in [4.78, 5) is 85.4. The van der Waals surface area contributed by atoms with Gasteiger partial charge in [-0.2, -0.15) is 9.67 Å². The van der Waals surface area contributed by atoms with E-state index in [0.29, 0.717) is 84.6 Å². The van der Waals surface area contributed by atoms with Crippen LogP contribution < -0.4 is 47.4 Å². The predicted octanol–water partition coefficient (Wildman–Crippen LogP) is 9.64. The molecule has 0 aliphatic carbocycles. The van der Waals surface area contributed by atoms with Gasteiger partial charge >= 0.3 is 5.69 Å². The molecule has 24 nitrogen and oxygen atoms in total. The minimum absolute atomic E-state index is 0.0321. The number of aliphatic imine (C=N–C) groups is 1. The van der Waals surface area contributed by atoms with Gasteiger partial charge < -0.3 is 51.8 Å². The molecule has 3 fully saturated rings. The molecule has 0 spiro atoms. The molecule has 4 aliphatic rings. The van der Waals surface area contributed by atoms with Crippen molar-refractivity contribution in [3.05, 3.63) is 235 Å². The second-order valence-electron chi connectivity index (χ2n) is 23.8. The van der Waals surface area contributed by atoms with Crippen molar-refractivity contribution in [3.8, 4) is 63.3 Å². The van der Waals surface area contributed by atoms with Crippen molar-refractivity contribution >= 4 is 58.0 Å². The van der Waals surface area contributed by atoms with E-state index in [0.717, 1.165) is 72.2 Å². The molecule has 0 saturated carbocycles. The number of hydrogen-bond acceptors (Lipinski definition) is 16. The lowest BCUT2D eigenvalue weighted by Gasteiger charge is -2.32. The van der Waals surface area contributed by atoms with E-state index in [1.54, 1.807) is 68.6 Å². The number of carbonyl (C=O) groups excluding carboxylic acids is 4. The van der Waals surface area contributed by atoms with Crippen LogP contribution in [0.15, 0.2) is 218 Å². The topological polar surface area (TPSA) is 309 Å². The third kappa shape index (κ3) is 14.6. The number of amides is 4. The molecule has 8 heterocycles. The first kappa shape index (κ1) is 66.4. The SMILES string of the molecule is C=CC(=O)N1CCC[C@@H](C2N=C(c3ccc(Oc4ccccc4)cc3)c3c(N)ncc[n+]32)C1.C=CC(=O)N1CCC[C@@H](n2nc(-c3ccc(Oc4ccccc4)cc3)c(C(N)=O)c2N)C1.CC#CC(=O)N1CC[C@@H](n2c(=O)n(-c3ccc(Oc4ccccc4)cc3)c3c(N)ncnc32)C1. The Morgan fingerprint density at radius 3 is 1.71 bits per heavy atom. The van der Waals surface area contributed by atoms with Gasteiger partial charge in [0.05, 0.1) is 29.9 Å². The van der Waals surface area contributed by atoms with Gasteiger partial charge in [0.2, 0.25) is 11.8 Å². The summed E-state index contributed by atoms with van der Waals surface area (Å²) in [7, 11) is 0. The van der Waals surface area contributed by atoms with Crippen molar-refractivity contribution in [2.75, 3.05) is 56.5 Å². The smallest absolute Gasteiger partial charge is 0.335 e. The molecule has 4 atom stereocenters. The molecule has 4 amide bonds. The number of fused-ring (bicyclic) bond motifs is 2. The number of likely N-dealkylation sites (tertiary alicyclic amines) is 3. The number of piperidine rings is 2. The highest BCUT2D eigenvalue weighted by Gasteiger charge is 2.43. The summed E-state index contributed by atoms with van der Waals surface area (Å²) in [5, 5.41) is 4.64. The van der Waals surface area contributed by atoms with Crippen LogP contribution in [0.1, 0.15) is 78.9 Å². The molecule has 3 saturated heterocycles. The lowest BCUT2D eigenvalue weighted by molar-refractivity contribution is -0.724. The zero-order chi connectivity index (χ0) is 69.1. The van der Waals surface area contributed by atoms with Crippen LogP contribution in [-0.2, 0) is 14.4 Å². The van der Waals surface area contributed by atoms with Crippen molar-refractivity contribution in [1.82, 2.24) is 48.6 Å². The normalized spacial score (nSPS) is 16.9. The van der Waals surface area contributed by atoms with Crippen molar-refractivity contribution in [2.45, 2.75) is 57.3 Å². The molecule has 14 rings (SSSR count). The number of hydrogen-bond donors (Lipinski definition) is 4. The Morgan fingerprint density at radius 1 is 0.606 bits per heavy atom. The van der Waals surface area contributed by atoms with Crippen molar-refractivity contribution in [2.24, 2.45) is 16.6 Å². The van der Waals surface area contributed by atoms with Gasteiger partial charge in [-0.1, -0.05) is 73.7 Å². The first-order valence-electron chi connectivity index (χ1n) is 32.4. The zero-order valence-electron chi connectivity index (χ0n) is 54.4. The van der Waals surface area contributed by atoms with Gasteiger partial charge in [0.1, 0.15) is 69.1 Å². The molecule has 500 valence electrons. The van der Waals surface area contributed by atoms with Gasteiger partial charge in [0.25, 0.3) is 23.7 Å². The zero-order valence-corrected chi connectivity index (χ0v) is 54.4. The Kier molecular flexibility index (Phi) is 20.1. The number of carbonyl (C=O) groups is 4. The van der Waals surface area contributed by atoms with Gasteiger partial charge in [0.15, 0.2) is 23.5 Å². The van der Waals surface area contributed by atoms with E-state index in [-0.39, 0.29) is 64.8 Å². The van der Waals surface area contributed by atoms with Crippen LogP contribution in [-0.4, -0.2) is 117 Å². The molecule has 24 heteroatoms. The Balaban J connectivity index is 0.000000141. The summed E-state index contributed by atoms with van der Waals surface area (Å²) in [5.74, 6) is 9.43. The average Bonchev–Trinajstić information content (AvgIpc) is 1.57. The standard InChI is InChI=1S/C26H26N5O2.C25H22N6O3.C24H25N5O3/c1-2-22(32)30-15-6-7-19(17-30)26-29-23(24-25(27)28-14-16-31(24)26)18-10-12-21(13-11-18)33-20-8-4-3-5-9-20;1-2-6-21(32)29-14-13-18(15-29)31-24-22(23(26)27-16-28-24)30(25(31)33)17-9-11-20(12-10-17)34-19-7-4-3-5-8-19;1-2-20(30)28-14-6-7-17(15-28)29-23(25)21(24(26)31)22(27-29)16-10-12-19(13-11-16)32-18-8-4-3-5-9-18/h2-5,8-14,16,19,26H,1,6-7,15,17H2,(H2,27,28);3-5,7-12,16,18H,13-15H2,1H3,(H2,26,27,28);2-5,8-13,17H,1,6-7,14-15,25H2,(H2,26,31)/q+1;;/t19-,26?;18-;17-/m111/s1. The maximum absolute atomic E-state index is 13.6. The third-order valence-electron chi connectivity index (χ3n) is 17.5. The van der Waals surface area contributed by atoms with Crippen LogP contribution in [0, 0.1) is 17.8 Å². The van der Waals surface area contributed by atoms with Gasteiger partial charge in [-0.3, -0.25) is 28.3 Å².